The predicted octanol–water partition coefficient (Wildman–Crippen LogP) is 2.95. The van der Waals surface area contributed by atoms with Gasteiger partial charge in [-0.05, 0) is 18.1 Å². The summed E-state index contributed by atoms with van der Waals surface area (Å²) in [4.78, 5) is 0. The molecule has 2 rings (SSSR count). The molecule has 0 aliphatic rings. The lowest BCUT2D eigenvalue weighted by Crippen LogP contribution is -2.06. The molecule has 0 aliphatic heterocycles. The molecule has 3 nitrogen and oxygen atoms in total. The number of benzene rings is 1. The molecule has 0 aliphatic carbocycles. The van der Waals surface area contributed by atoms with Crippen LogP contribution in [0.5, 0.6) is 0 Å². The van der Waals surface area contributed by atoms with Crippen LogP contribution in [0.4, 0.5) is 13.2 Å². The number of halogens is 3. The summed E-state index contributed by atoms with van der Waals surface area (Å²) in [6.45, 7) is 0.499. The lowest BCUT2D eigenvalue weighted by Gasteiger charge is -2.10. The lowest BCUT2D eigenvalue weighted by atomic mass is 10.0. The lowest BCUT2D eigenvalue weighted by molar-refractivity contribution is -0.137. The monoisotopic (exact) mass is 270 g/mol. The molecule has 1 aromatic heterocycles. The van der Waals surface area contributed by atoms with Gasteiger partial charge in [0.1, 0.15) is 0 Å². The highest BCUT2D eigenvalue weighted by Gasteiger charge is 2.33. The van der Waals surface area contributed by atoms with Gasteiger partial charge in [-0.1, -0.05) is 18.2 Å². The molecule has 19 heavy (non-hydrogen) atoms. The Morgan fingerprint density at radius 2 is 1.95 bits per heavy atom. The Hall–Kier alpha value is -1.82. The van der Waals surface area contributed by atoms with Crippen molar-refractivity contribution < 1.29 is 18.3 Å². The smallest absolute Gasteiger partial charge is 0.396 e. The minimum Gasteiger partial charge on any atom is -0.396 e. The van der Waals surface area contributed by atoms with Crippen molar-refractivity contribution in [1.29, 1.82) is 0 Å². The molecule has 0 bridgehead atoms. The fourth-order valence-electron chi connectivity index (χ4n) is 1.84. The Morgan fingerprint density at radius 3 is 2.63 bits per heavy atom. The summed E-state index contributed by atoms with van der Waals surface area (Å²) in [5, 5.41) is 12.7. The van der Waals surface area contributed by atoms with Crippen molar-refractivity contribution in [2.75, 3.05) is 6.61 Å². The molecule has 1 heterocycles. The molecule has 1 N–H and O–H groups in total. The molecule has 0 atom stereocenters. The van der Waals surface area contributed by atoms with Gasteiger partial charge in [-0.25, -0.2) is 0 Å². The average Bonchev–Trinajstić information content (AvgIpc) is 2.84. The Labute approximate surface area is 108 Å². The number of alkyl halides is 3. The van der Waals surface area contributed by atoms with E-state index in [0.717, 1.165) is 6.07 Å². The number of aryl methyl sites for hydroxylation is 1. The summed E-state index contributed by atoms with van der Waals surface area (Å²) in [6, 6.07) is 5.41. The van der Waals surface area contributed by atoms with Gasteiger partial charge in [0.25, 0.3) is 0 Å². The van der Waals surface area contributed by atoms with Gasteiger partial charge in [-0.2, -0.15) is 18.3 Å². The first-order valence-electron chi connectivity index (χ1n) is 5.82. The zero-order valence-corrected chi connectivity index (χ0v) is 10.1. The van der Waals surface area contributed by atoms with Crippen LogP contribution in [0.1, 0.15) is 12.0 Å². The van der Waals surface area contributed by atoms with Crippen LogP contribution in [-0.4, -0.2) is 21.5 Å². The summed E-state index contributed by atoms with van der Waals surface area (Å²) < 4.78 is 40.2. The Morgan fingerprint density at radius 1 is 1.21 bits per heavy atom. The number of aromatic nitrogens is 2. The van der Waals surface area contributed by atoms with Crippen molar-refractivity contribution in [2.24, 2.45) is 0 Å². The maximum absolute atomic E-state index is 12.9. The maximum Gasteiger partial charge on any atom is 0.417 e. The van der Waals surface area contributed by atoms with Crippen LogP contribution >= 0.6 is 0 Å². The van der Waals surface area contributed by atoms with E-state index < -0.39 is 11.7 Å². The number of hydrogen-bond donors (Lipinski definition) is 1. The highest BCUT2D eigenvalue weighted by Crippen LogP contribution is 2.36. The zero-order valence-electron chi connectivity index (χ0n) is 10.1. The van der Waals surface area contributed by atoms with E-state index in [9.17, 15) is 13.2 Å². The molecule has 0 amide bonds. The molecule has 0 saturated heterocycles. The van der Waals surface area contributed by atoms with Crippen molar-refractivity contribution in [1.82, 2.24) is 9.78 Å². The second-order valence-electron chi connectivity index (χ2n) is 4.11. The van der Waals surface area contributed by atoms with Crippen molar-refractivity contribution in [3.63, 3.8) is 0 Å². The number of aliphatic hydroxyl groups excluding tert-OH is 1. The normalized spacial score (nSPS) is 11.8. The molecular weight excluding hydrogens is 257 g/mol. The van der Waals surface area contributed by atoms with E-state index in [4.69, 9.17) is 5.11 Å². The van der Waals surface area contributed by atoms with Gasteiger partial charge in [0, 0.05) is 24.9 Å². The summed E-state index contributed by atoms with van der Waals surface area (Å²) in [5.74, 6) is 0. The van der Waals surface area contributed by atoms with Crippen LogP contribution in [-0.2, 0) is 12.7 Å². The maximum atomic E-state index is 12.9. The molecule has 102 valence electrons. The van der Waals surface area contributed by atoms with Crippen molar-refractivity contribution >= 4 is 0 Å². The zero-order chi connectivity index (χ0) is 13.9. The molecule has 0 radical (unpaired) electrons. The van der Waals surface area contributed by atoms with Crippen molar-refractivity contribution in [3.8, 4) is 11.1 Å². The Bertz CT molecular complexity index is 549. The molecule has 0 spiro atoms. The molecule has 6 heteroatoms. The summed E-state index contributed by atoms with van der Waals surface area (Å²) >= 11 is 0. The van der Waals surface area contributed by atoms with Crippen LogP contribution in [0.3, 0.4) is 0 Å². The fourth-order valence-corrected chi connectivity index (χ4v) is 1.84. The van der Waals surface area contributed by atoms with Crippen LogP contribution < -0.4 is 0 Å². The molecule has 0 fully saturated rings. The largest absolute Gasteiger partial charge is 0.417 e. The molecule has 0 saturated carbocycles. The van der Waals surface area contributed by atoms with E-state index in [1.807, 2.05) is 0 Å². The summed E-state index contributed by atoms with van der Waals surface area (Å²) in [5.41, 5.74) is -0.132. The van der Waals surface area contributed by atoms with E-state index in [1.54, 1.807) is 12.3 Å². The highest BCUT2D eigenvalue weighted by molar-refractivity contribution is 5.66. The van der Waals surface area contributed by atoms with Crippen LogP contribution in [0.15, 0.2) is 36.7 Å². The van der Waals surface area contributed by atoms with E-state index in [0.29, 0.717) is 18.5 Å². The first kappa shape index (κ1) is 13.6. The van der Waals surface area contributed by atoms with Gasteiger partial charge in [-0.15, -0.1) is 0 Å². The SMILES string of the molecule is OCCCn1cc(-c2ccccc2C(F)(F)F)cn1. The number of rotatable bonds is 4. The third-order valence-corrected chi connectivity index (χ3v) is 2.72. The Kier molecular flexibility index (Phi) is 3.90. The van der Waals surface area contributed by atoms with Gasteiger partial charge >= 0.3 is 6.18 Å². The van der Waals surface area contributed by atoms with Crippen molar-refractivity contribution in [2.45, 2.75) is 19.1 Å². The van der Waals surface area contributed by atoms with Gasteiger partial charge in [-0.3, -0.25) is 4.68 Å². The average molecular weight is 270 g/mol. The highest BCUT2D eigenvalue weighted by atomic mass is 19.4. The second-order valence-corrected chi connectivity index (χ2v) is 4.11. The van der Waals surface area contributed by atoms with E-state index in [-0.39, 0.29) is 12.2 Å². The topological polar surface area (TPSA) is 38.0 Å². The van der Waals surface area contributed by atoms with Crippen molar-refractivity contribution in [3.05, 3.63) is 42.2 Å². The predicted molar refractivity (Wildman–Crippen MR) is 64.4 cm³/mol. The van der Waals surface area contributed by atoms with Crippen LogP contribution in [0, 0.1) is 0 Å². The number of nitrogens with zero attached hydrogens (tertiary/aromatic N) is 2. The van der Waals surface area contributed by atoms with Crippen LogP contribution in [0.2, 0.25) is 0 Å². The standard InChI is InChI=1S/C13H13F3N2O/c14-13(15,16)12-5-2-1-4-11(12)10-8-17-18(9-10)6-3-7-19/h1-2,4-5,8-9,19H,3,6-7H2. The van der Waals surface area contributed by atoms with Gasteiger partial charge in [0.2, 0.25) is 0 Å². The first-order valence-corrected chi connectivity index (χ1v) is 5.82. The summed E-state index contributed by atoms with van der Waals surface area (Å²) in [6.07, 6.45) is -0.909. The van der Waals surface area contributed by atoms with Gasteiger partial charge in [0.05, 0.1) is 11.8 Å². The van der Waals surface area contributed by atoms with E-state index >= 15 is 0 Å². The third kappa shape index (κ3) is 3.14. The molecule has 0 unspecified atom stereocenters. The molecular formula is C13H13F3N2O. The van der Waals surface area contributed by atoms with Crippen LogP contribution in [0.25, 0.3) is 11.1 Å². The minimum atomic E-state index is -4.39. The quantitative estimate of drug-likeness (QED) is 0.927. The molecule has 1 aromatic carbocycles. The van der Waals surface area contributed by atoms with E-state index in [2.05, 4.69) is 5.10 Å². The molecule has 2 aromatic rings. The Balaban J connectivity index is 2.34. The third-order valence-electron chi connectivity index (χ3n) is 2.72. The van der Waals surface area contributed by atoms with E-state index in [1.165, 1.54) is 23.0 Å². The number of hydrogen-bond acceptors (Lipinski definition) is 2. The van der Waals surface area contributed by atoms with Gasteiger partial charge < -0.3 is 5.11 Å². The minimum absolute atomic E-state index is 0.0222. The second kappa shape index (κ2) is 5.44. The van der Waals surface area contributed by atoms with Gasteiger partial charge in [0.15, 0.2) is 0 Å². The number of aliphatic hydroxyl groups is 1. The fraction of sp³-hybridized carbons (Fsp3) is 0.308. The summed E-state index contributed by atoms with van der Waals surface area (Å²) in [7, 11) is 0. The first-order chi connectivity index (χ1) is 9.02.